The van der Waals surface area contributed by atoms with Gasteiger partial charge in [-0.15, -0.1) is 0 Å². The number of carboxylic acid groups (broad SMARTS) is 1. The largest absolute Gasteiger partial charge is 0.494 e. The van der Waals surface area contributed by atoms with Crippen LogP contribution in [0.1, 0.15) is 48.3 Å². The first-order valence-corrected chi connectivity index (χ1v) is 9.72. The van der Waals surface area contributed by atoms with E-state index in [0.717, 1.165) is 24.2 Å². The van der Waals surface area contributed by atoms with Crippen LogP contribution in [0.25, 0.3) is 23.2 Å². The number of aryl methyl sites for hydroxylation is 1. The molecule has 0 aliphatic carbocycles. The molecule has 1 N–H and O–H groups in total. The Balaban J connectivity index is 1.91. The first-order chi connectivity index (χ1) is 14.0. The smallest absolute Gasteiger partial charge is 0.335 e. The van der Waals surface area contributed by atoms with Crippen molar-refractivity contribution in [1.29, 1.82) is 0 Å². The van der Waals surface area contributed by atoms with Crippen molar-refractivity contribution in [2.24, 2.45) is 0 Å². The van der Waals surface area contributed by atoms with Gasteiger partial charge in [0.1, 0.15) is 11.4 Å². The van der Waals surface area contributed by atoms with Gasteiger partial charge in [-0.2, -0.15) is 0 Å². The van der Waals surface area contributed by atoms with E-state index in [9.17, 15) is 14.7 Å². The van der Waals surface area contributed by atoms with Crippen molar-refractivity contribution >= 4 is 29.2 Å². The van der Waals surface area contributed by atoms with Crippen molar-refractivity contribution in [3.8, 4) is 5.75 Å². The zero-order valence-corrected chi connectivity index (χ0v) is 16.6. The highest BCUT2D eigenvalue weighted by molar-refractivity contribution is 5.92. The van der Waals surface area contributed by atoms with Gasteiger partial charge in [0.05, 0.1) is 23.2 Å². The van der Waals surface area contributed by atoms with Crippen molar-refractivity contribution < 1.29 is 14.6 Å². The molecule has 1 heterocycles. The first-order valence-electron chi connectivity index (χ1n) is 9.72. The number of carbonyl (C=O) groups is 1. The quantitative estimate of drug-likeness (QED) is 0.572. The maximum atomic E-state index is 12.8. The Morgan fingerprint density at radius 2 is 1.90 bits per heavy atom. The van der Waals surface area contributed by atoms with Crippen LogP contribution in [-0.2, 0) is 6.54 Å². The summed E-state index contributed by atoms with van der Waals surface area (Å²) in [6.07, 6.45) is 5.58. The molecule has 6 nitrogen and oxygen atoms in total. The highest BCUT2D eigenvalue weighted by Crippen LogP contribution is 2.16. The molecule has 0 saturated heterocycles. The molecular weight excluding hydrogens is 368 g/mol. The minimum Gasteiger partial charge on any atom is -0.494 e. The fourth-order valence-electron chi connectivity index (χ4n) is 3.01. The number of aromatic nitrogens is 2. The Hall–Kier alpha value is -3.41. The van der Waals surface area contributed by atoms with E-state index in [-0.39, 0.29) is 16.8 Å². The van der Waals surface area contributed by atoms with E-state index in [1.807, 2.05) is 37.3 Å². The topological polar surface area (TPSA) is 81.4 Å². The standard InChI is InChI=1S/C23H24N2O4/c1-3-5-14-29-18-10-6-16(7-11-18)8-12-19-22(26)25(4-2)21-13-9-17(23(27)28)15-20(21)24-19/h6-13,15H,3-5,14H2,1-2H3,(H,27,28)/b12-8+. The van der Waals surface area contributed by atoms with Crippen molar-refractivity contribution in [3.05, 3.63) is 69.6 Å². The predicted molar refractivity (Wildman–Crippen MR) is 114 cm³/mol. The molecule has 0 spiro atoms. The van der Waals surface area contributed by atoms with Gasteiger partial charge in [0.2, 0.25) is 0 Å². The second-order valence-corrected chi connectivity index (χ2v) is 6.66. The number of hydrogen-bond donors (Lipinski definition) is 1. The minimum atomic E-state index is -1.03. The Labute approximate surface area is 169 Å². The normalized spacial score (nSPS) is 11.2. The maximum Gasteiger partial charge on any atom is 0.335 e. The van der Waals surface area contributed by atoms with Gasteiger partial charge in [0.25, 0.3) is 5.56 Å². The number of aromatic carboxylic acids is 1. The predicted octanol–water partition coefficient (Wildman–Crippen LogP) is 4.46. The van der Waals surface area contributed by atoms with Crippen LogP contribution in [0.4, 0.5) is 0 Å². The molecule has 6 heteroatoms. The highest BCUT2D eigenvalue weighted by Gasteiger charge is 2.11. The average Bonchev–Trinajstić information content (AvgIpc) is 2.73. The molecule has 0 radical (unpaired) electrons. The Morgan fingerprint density at radius 1 is 1.14 bits per heavy atom. The second kappa shape index (κ2) is 9.19. The second-order valence-electron chi connectivity index (χ2n) is 6.66. The number of carboxylic acids is 1. The third-order valence-electron chi connectivity index (χ3n) is 4.61. The van der Waals surface area contributed by atoms with E-state index >= 15 is 0 Å². The summed E-state index contributed by atoms with van der Waals surface area (Å²) < 4.78 is 7.25. The number of ether oxygens (including phenoxy) is 1. The zero-order valence-electron chi connectivity index (χ0n) is 16.6. The van der Waals surface area contributed by atoms with Crippen LogP contribution in [0.15, 0.2) is 47.3 Å². The summed E-state index contributed by atoms with van der Waals surface area (Å²) in [6, 6.07) is 12.2. The van der Waals surface area contributed by atoms with Crippen LogP contribution >= 0.6 is 0 Å². The summed E-state index contributed by atoms with van der Waals surface area (Å²) in [5, 5.41) is 9.22. The van der Waals surface area contributed by atoms with E-state index < -0.39 is 5.97 Å². The molecule has 3 rings (SSSR count). The fraction of sp³-hybridized carbons (Fsp3) is 0.261. The molecule has 0 aliphatic rings. The molecule has 0 fully saturated rings. The lowest BCUT2D eigenvalue weighted by Crippen LogP contribution is -2.23. The molecule has 0 unspecified atom stereocenters. The van der Waals surface area contributed by atoms with Crippen molar-refractivity contribution in [1.82, 2.24) is 9.55 Å². The van der Waals surface area contributed by atoms with E-state index in [0.29, 0.717) is 24.2 Å². The van der Waals surface area contributed by atoms with Gasteiger partial charge < -0.3 is 14.4 Å². The van der Waals surface area contributed by atoms with Crippen molar-refractivity contribution in [3.63, 3.8) is 0 Å². The third kappa shape index (κ3) is 4.71. The lowest BCUT2D eigenvalue weighted by Gasteiger charge is -2.09. The molecule has 2 aromatic carbocycles. The average molecular weight is 392 g/mol. The lowest BCUT2D eigenvalue weighted by molar-refractivity contribution is 0.0697. The highest BCUT2D eigenvalue weighted by atomic mass is 16.5. The van der Waals surface area contributed by atoms with Crippen LogP contribution in [0.3, 0.4) is 0 Å². The molecule has 0 aliphatic heterocycles. The van der Waals surface area contributed by atoms with E-state index in [4.69, 9.17) is 4.74 Å². The van der Waals surface area contributed by atoms with Crippen LogP contribution < -0.4 is 10.3 Å². The molecule has 29 heavy (non-hydrogen) atoms. The number of unbranched alkanes of at least 4 members (excludes halogenated alkanes) is 1. The van der Waals surface area contributed by atoms with Gasteiger partial charge in [-0.25, -0.2) is 9.78 Å². The number of rotatable bonds is 8. The van der Waals surface area contributed by atoms with Gasteiger partial charge in [0.15, 0.2) is 0 Å². The Morgan fingerprint density at radius 3 is 2.55 bits per heavy atom. The van der Waals surface area contributed by atoms with Gasteiger partial charge in [0, 0.05) is 6.54 Å². The molecule has 150 valence electrons. The summed E-state index contributed by atoms with van der Waals surface area (Å²) in [5.74, 6) is -0.213. The number of fused-ring (bicyclic) bond motifs is 1. The van der Waals surface area contributed by atoms with Gasteiger partial charge in [-0.3, -0.25) is 4.79 Å². The first kappa shape index (κ1) is 20.3. The minimum absolute atomic E-state index is 0.139. The molecule has 0 atom stereocenters. The summed E-state index contributed by atoms with van der Waals surface area (Å²) >= 11 is 0. The van der Waals surface area contributed by atoms with Crippen LogP contribution in [0.5, 0.6) is 5.75 Å². The molecule has 1 aromatic heterocycles. The summed E-state index contributed by atoms with van der Waals surface area (Å²) in [7, 11) is 0. The van der Waals surface area contributed by atoms with Crippen LogP contribution in [0.2, 0.25) is 0 Å². The third-order valence-corrected chi connectivity index (χ3v) is 4.61. The monoisotopic (exact) mass is 392 g/mol. The summed E-state index contributed by atoms with van der Waals surface area (Å²) in [6.45, 7) is 5.15. The summed E-state index contributed by atoms with van der Waals surface area (Å²) in [4.78, 5) is 28.4. The number of hydrogen-bond acceptors (Lipinski definition) is 4. The van der Waals surface area contributed by atoms with E-state index in [2.05, 4.69) is 11.9 Å². The SMILES string of the molecule is CCCCOc1ccc(/C=C/c2nc3cc(C(=O)O)ccc3n(CC)c2=O)cc1. The molecule has 0 bridgehead atoms. The molecular formula is C23H24N2O4. The van der Waals surface area contributed by atoms with E-state index in [1.165, 1.54) is 12.1 Å². The molecule has 0 amide bonds. The van der Waals surface area contributed by atoms with Crippen molar-refractivity contribution in [2.75, 3.05) is 6.61 Å². The van der Waals surface area contributed by atoms with Gasteiger partial charge in [-0.1, -0.05) is 31.6 Å². The number of benzene rings is 2. The Kier molecular flexibility index (Phi) is 6.44. The summed E-state index contributed by atoms with van der Waals surface area (Å²) in [5.41, 5.74) is 2.21. The lowest BCUT2D eigenvalue weighted by atomic mass is 10.1. The van der Waals surface area contributed by atoms with Gasteiger partial charge >= 0.3 is 5.97 Å². The Bertz CT molecular complexity index is 1100. The zero-order chi connectivity index (χ0) is 20.8. The van der Waals surface area contributed by atoms with Crippen molar-refractivity contribution in [2.45, 2.75) is 33.2 Å². The maximum absolute atomic E-state index is 12.8. The van der Waals surface area contributed by atoms with Gasteiger partial charge in [-0.05, 0) is 55.3 Å². The van der Waals surface area contributed by atoms with Crippen LogP contribution in [0, 0.1) is 0 Å². The number of nitrogens with zero attached hydrogens (tertiary/aromatic N) is 2. The van der Waals surface area contributed by atoms with E-state index in [1.54, 1.807) is 16.7 Å². The fourth-order valence-corrected chi connectivity index (χ4v) is 3.01. The molecule has 0 saturated carbocycles. The molecule has 3 aromatic rings. The van der Waals surface area contributed by atoms with Crippen LogP contribution in [-0.4, -0.2) is 27.2 Å².